The largest absolute Gasteiger partial charge is 0.383 e. The molecule has 0 radical (unpaired) electrons. The zero-order valence-corrected chi connectivity index (χ0v) is 11.2. The maximum Gasteiger partial charge on any atom is 0.216 e. The van der Waals surface area contributed by atoms with Gasteiger partial charge in [0, 0.05) is 37.2 Å². The summed E-state index contributed by atoms with van der Waals surface area (Å²) in [5, 5.41) is 32.2. The maximum absolute atomic E-state index is 9.10. The molecule has 0 atom stereocenters. The molecule has 106 valence electrons. The van der Waals surface area contributed by atoms with E-state index in [-0.39, 0.29) is 5.82 Å². The summed E-state index contributed by atoms with van der Waals surface area (Å²) in [5.74, 6) is 0.266. The maximum atomic E-state index is 9.10. The van der Waals surface area contributed by atoms with Gasteiger partial charge in [0.25, 0.3) is 0 Å². The first kappa shape index (κ1) is 13.1. The number of aromatic nitrogens is 4. The predicted octanol–water partition coefficient (Wildman–Crippen LogP) is 0.691. The second kappa shape index (κ2) is 6.02. The standard InChI is InChI=1S/C13H14N8/c14-6-10(13-18-20-21-19-13)8-17-11-2-1-9-7-15-3-4-16-12(9)5-11/h1-2,5,8,15-17H,3-4,7H2,(H,18,19,20,21). The molecular formula is C13H14N8. The van der Waals surface area contributed by atoms with Crippen molar-refractivity contribution in [3.8, 4) is 6.07 Å². The number of aromatic amines is 1. The number of rotatable bonds is 3. The lowest BCUT2D eigenvalue weighted by molar-refractivity contribution is 0.725. The van der Waals surface area contributed by atoms with Crippen LogP contribution in [0.1, 0.15) is 11.4 Å². The molecule has 0 saturated carbocycles. The summed E-state index contributed by atoms with van der Waals surface area (Å²) < 4.78 is 0. The molecule has 1 aromatic heterocycles. The molecule has 1 aromatic carbocycles. The van der Waals surface area contributed by atoms with Crippen LogP contribution in [0.5, 0.6) is 0 Å². The van der Waals surface area contributed by atoms with Gasteiger partial charge in [0.15, 0.2) is 0 Å². The van der Waals surface area contributed by atoms with Gasteiger partial charge in [0.1, 0.15) is 11.6 Å². The quantitative estimate of drug-likeness (QED) is 0.612. The highest BCUT2D eigenvalue weighted by Crippen LogP contribution is 2.22. The Morgan fingerprint density at radius 1 is 1.38 bits per heavy atom. The van der Waals surface area contributed by atoms with E-state index in [9.17, 15) is 0 Å². The van der Waals surface area contributed by atoms with Gasteiger partial charge in [-0.05, 0) is 22.9 Å². The van der Waals surface area contributed by atoms with Gasteiger partial charge in [-0.15, -0.1) is 10.2 Å². The number of anilines is 2. The van der Waals surface area contributed by atoms with Gasteiger partial charge < -0.3 is 16.0 Å². The molecule has 8 nitrogen and oxygen atoms in total. The first-order valence-corrected chi connectivity index (χ1v) is 6.55. The number of nitrogens with one attached hydrogen (secondary N) is 4. The van der Waals surface area contributed by atoms with E-state index in [1.165, 1.54) is 5.56 Å². The average Bonchev–Trinajstić information content (AvgIpc) is 2.93. The Bertz CT molecular complexity index is 683. The van der Waals surface area contributed by atoms with Gasteiger partial charge in [0.05, 0.1) is 0 Å². The van der Waals surface area contributed by atoms with E-state index in [2.05, 4.69) is 42.6 Å². The van der Waals surface area contributed by atoms with Crippen molar-refractivity contribution in [1.82, 2.24) is 25.9 Å². The van der Waals surface area contributed by atoms with E-state index in [1.807, 2.05) is 18.2 Å². The molecule has 0 unspecified atom stereocenters. The normalized spacial score (nSPS) is 14.5. The Kier molecular flexibility index (Phi) is 3.75. The van der Waals surface area contributed by atoms with E-state index in [4.69, 9.17) is 5.26 Å². The highest BCUT2D eigenvalue weighted by atomic mass is 15.5. The topological polar surface area (TPSA) is 114 Å². The zero-order chi connectivity index (χ0) is 14.5. The van der Waals surface area contributed by atoms with Crippen LogP contribution in [0.15, 0.2) is 24.4 Å². The van der Waals surface area contributed by atoms with Crippen molar-refractivity contribution in [2.45, 2.75) is 6.54 Å². The monoisotopic (exact) mass is 282 g/mol. The van der Waals surface area contributed by atoms with E-state index in [0.29, 0.717) is 5.57 Å². The molecule has 1 aliphatic heterocycles. The number of nitrogens with zero attached hydrogens (tertiary/aromatic N) is 4. The Morgan fingerprint density at radius 2 is 2.33 bits per heavy atom. The van der Waals surface area contributed by atoms with Crippen LogP contribution >= 0.6 is 0 Å². The molecule has 0 bridgehead atoms. The van der Waals surface area contributed by atoms with E-state index >= 15 is 0 Å². The SMILES string of the molecule is N#CC(=CNc1ccc2c(c1)NCCNC2)c1nn[nH]n1. The molecule has 21 heavy (non-hydrogen) atoms. The molecule has 0 saturated heterocycles. The van der Waals surface area contributed by atoms with Crippen LogP contribution < -0.4 is 16.0 Å². The molecule has 8 heteroatoms. The number of allylic oxidation sites excluding steroid dienone is 1. The van der Waals surface area contributed by atoms with Gasteiger partial charge in [-0.25, -0.2) is 0 Å². The van der Waals surface area contributed by atoms with Crippen LogP contribution in [0.25, 0.3) is 5.57 Å². The van der Waals surface area contributed by atoms with Crippen molar-refractivity contribution in [2.75, 3.05) is 23.7 Å². The summed E-state index contributed by atoms with van der Waals surface area (Å²) in [5.41, 5.74) is 3.52. The van der Waals surface area contributed by atoms with Crippen molar-refractivity contribution in [1.29, 1.82) is 5.26 Å². The Morgan fingerprint density at radius 3 is 3.14 bits per heavy atom. The van der Waals surface area contributed by atoms with Gasteiger partial charge in [0.2, 0.25) is 5.82 Å². The molecular weight excluding hydrogens is 268 g/mol. The minimum atomic E-state index is 0.266. The van der Waals surface area contributed by atoms with Crippen molar-refractivity contribution < 1.29 is 0 Å². The smallest absolute Gasteiger partial charge is 0.216 e. The molecule has 0 fully saturated rings. The van der Waals surface area contributed by atoms with Crippen molar-refractivity contribution in [2.24, 2.45) is 0 Å². The number of nitriles is 1. The summed E-state index contributed by atoms with van der Waals surface area (Å²) in [6, 6.07) is 8.07. The molecule has 0 spiro atoms. The average molecular weight is 282 g/mol. The number of benzene rings is 1. The van der Waals surface area contributed by atoms with Crippen LogP contribution in [-0.2, 0) is 6.54 Å². The van der Waals surface area contributed by atoms with Crippen LogP contribution in [0.3, 0.4) is 0 Å². The Hall–Kier alpha value is -2.92. The number of hydrogen-bond donors (Lipinski definition) is 4. The van der Waals surface area contributed by atoms with Crippen LogP contribution in [0, 0.1) is 11.3 Å². The van der Waals surface area contributed by atoms with Gasteiger partial charge in [-0.3, -0.25) is 0 Å². The van der Waals surface area contributed by atoms with E-state index < -0.39 is 0 Å². The molecule has 4 N–H and O–H groups in total. The minimum Gasteiger partial charge on any atom is -0.383 e. The first-order valence-electron chi connectivity index (χ1n) is 6.55. The number of H-pyrrole nitrogens is 1. The molecule has 2 aromatic rings. The molecule has 0 aliphatic carbocycles. The summed E-state index contributed by atoms with van der Waals surface area (Å²) in [7, 11) is 0. The fourth-order valence-electron chi connectivity index (χ4n) is 2.07. The van der Waals surface area contributed by atoms with Crippen molar-refractivity contribution >= 4 is 16.9 Å². The second-order valence-corrected chi connectivity index (χ2v) is 4.53. The molecule has 1 aliphatic rings. The fourth-order valence-corrected chi connectivity index (χ4v) is 2.07. The third kappa shape index (κ3) is 2.98. The van der Waals surface area contributed by atoms with Crippen molar-refractivity contribution in [3.05, 3.63) is 35.8 Å². The van der Waals surface area contributed by atoms with Crippen LogP contribution in [0.4, 0.5) is 11.4 Å². The summed E-state index contributed by atoms with van der Waals surface area (Å²) in [4.78, 5) is 0. The minimum absolute atomic E-state index is 0.266. The predicted molar refractivity (Wildman–Crippen MR) is 78.0 cm³/mol. The third-order valence-electron chi connectivity index (χ3n) is 3.13. The summed E-state index contributed by atoms with van der Waals surface area (Å²) >= 11 is 0. The summed E-state index contributed by atoms with van der Waals surface area (Å²) in [6.45, 7) is 2.68. The lowest BCUT2D eigenvalue weighted by Crippen LogP contribution is -2.16. The lowest BCUT2D eigenvalue weighted by Gasteiger charge is -2.09. The van der Waals surface area contributed by atoms with Gasteiger partial charge in [-0.2, -0.15) is 10.5 Å². The molecule has 0 amide bonds. The fraction of sp³-hybridized carbons (Fsp3) is 0.231. The van der Waals surface area contributed by atoms with Gasteiger partial charge in [-0.1, -0.05) is 6.07 Å². The van der Waals surface area contributed by atoms with Crippen molar-refractivity contribution in [3.63, 3.8) is 0 Å². The van der Waals surface area contributed by atoms with Gasteiger partial charge >= 0.3 is 0 Å². The zero-order valence-electron chi connectivity index (χ0n) is 11.2. The third-order valence-corrected chi connectivity index (χ3v) is 3.13. The second-order valence-electron chi connectivity index (χ2n) is 4.53. The van der Waals surface area contributed by atoms with E-state index in [1.54, 1.807) is 6.20 Å². The first-order chi connectivity index (χ1) is 10.4. The number of hydrogen-bond acceptors (Lipinski definition) is 7. The number of tetrazole rings is 1. The van der Waals surface area contributed by atoms with E-state index in [0.717, 1.165) is 31.0 Å². The van der Waals surface area contributed by atoms with Crippen LogP contribution in [0.2, 0.25) is 0 Å². The molecule has 2 heterocycles. The lowest BCUT2D eigenvalue weighted by atomic mass is 10.1. The highest BCUT2D eigenvalue weighted by Gasteiger charge is 2.08. The highest BCUT2D eigenvalue weighted by molar-refractivity contribution is 5.74. The summed E-state index contributed by atoms with van der Waals surface area (Å²) in [6.07, 6.45) is 1.57. The Balaban J connectivity index is 1.79. The molecule has 3 rings (SSSR count). The Labute approximate surface area is 121 Å². The van der Waals surface area contributed by atoms with Crippen LogP contribution in [-0.4, -0.2) is 33.7 Å². The number of fused-ring (bicyclic) bond motifs is 1.